The van der Waals surface area contributed by atoms with Crippen molar-refractivity contribution in [3.8, 4) is 0 Å². The maximum atomic E-state index is 2.49. The van der Waals surface area contributed by atoms with E-state index in [1.807, 2.05) is 0 Å². The minimum atomic E-state index is -0.899. The first-order chi connectivity index (χ1) is 5.23. The zero-order chi connectivity index (χ0) is 9.57. The first-order valence-electron chi connectivity index (χ1n) is 4.91. The van der Waals surface area contributed by atoms with E-state index in [-0.39, 0.29) is 0 Å². The van der Waals surface area contributed by atoms with E-state index in [2.05, 4.69) is 51.4 Å². The molecule has 0 unspecified atom stereocenters. The molecule has 0 aliphatic heterocycles. The second kappa shape index (κ2) is 2.84. The number of hydrogen-bond acceptors (Lipinski definition) is 0. The monoisotopic (exact) mass is 198 g/mol. The summed E-state index contributed by atoms with van der Waals surface area (Å²) in [5.41, 5.74) is 1.95. The van der Waals surface area contributed by atoms with Gasteiger partial charge >= 0.3 is 0 Å². The van der Waals surface area contributed by atoms with Crippen LogP contribution in [0.4, 0.5) is 0 Å². The van der Waals surface area contributed by atoms with Gasteiger partial charge in [-0.15, -0.1) is 0 Å². The van der Waals surface area contributed by atoms with Crippen LogP contribution in [0, 0.1) is 0 Å². The summed E-state index contributed by atoms with van der Waals surface area (Å²) in [5, 5.41) is 0. The predicted octanol–water partition coefficient (Wildman–Crippen LogP) is 3.97. The van der Waals surface area contributed by atoms with Crippen molar-refractivity contribution in [3.05, 3.63) is 12.2 Å². The highest BCUT2D eigenvalue weighted by atomic mass is 28.3. The Morgan fingerprint density at radius 3 is 1.00 bits per heavy atom. The molecule has 0 bridgehead atoms. The summed E-state index contributed by atoms with van der Waals surface area (Å²) in [7, 11) is -1.80. The Balaban J connectivity index is 2.71. The van der Waals surface area contributed by atoms with Crippen molar-refractivity contribution in [1.29, 1.82) is 0 Å². The van der Waals surface area contributed by atoms with Gasteiger partial charge in [-0.25, -0.2) is 0 Å². The highest BCUT2D eigenvalue weighted by molar-refractivity contribution is 6.84. The summed E-state index contributed by atoms with van der Waals surface area (Å²) < 4.78 is 0. The summed E-state index contributed by atoms with van der Waals surface area (Å²) in [6.07, 6.45) is 4.93. The van der Waals surface area contributed by atoms with Gasteiger partial charge in [0, 0.05) is 0 Å². The fourth-order valence-electron chi connectivity index (χ4n) is 1.99. The third-order valence-corrected chi connectivity index (χ3v) is 8.35. The van der Waals surface area contributed by atoms with Crippen molar-refractivity contribution in [1.82, 2.24) is 0 Å². The van der Waals surface area contributed by atoms with E-state index in [1.54, 1.807) is 0 Å². The van der Waals surface area contributed by atoms with Crippen molar-refractivity contribution in [2.24, 2.45) is 0 Å². The minimum absolute atomic E-state index is 0.899. The molecular formula is C10H22Si2. The molecule has 0 amide bonds. The molecule has 70 valence electrons. The van der Waals surface area contributed by atoms with Crippen molar-refractivity contribution >= 4 is 16.1 Å². The highest BCUT2D eigenvalue weighted by Gasteiger charge is 2.41. The van der Waals surface area contributed by atoms with Crippen molar-refractivity contribution < 1.29 is 0 Å². The van der Waals surface area contributed by atoms with Gasteiger partial charge in [-0.05, 0) is 11.1 Å². The number of rotatable bonds is 2. The number of allylic oxidation sites excluding steroid dienone is 2. The molecule has 0 nitrogen and oxygen atoms in total. The Hall–Kier alpha value is 0.174. The Bertz CT molecular complexity index is 171. The van der Waals surface area contributed by atoms with Gasteiger partial charge < -0.3 is 0 Å². The third kappa shape index (κ3) is 1.91. The molecule has 0 saturated heterocycles. The summed E-state index contributed by atoms with van der Waals surface area (Å²) in [4.78, 5) is 0. The molecule has 1 rings (SSSR count). The van der Waals surface area contributed by atoms with Crippen LogP contribution in [0.5, 0.6) is 0 Å². The van der Waals surface area contributed by atoms with E-state index in [0.29, 0.717) is 0 Å². The van der Waals surface area contributed by atoms with Crippen molar-refractivity contribution in [2.45, 2.75) is 50.4 Å². The van der Waals surface area contributed by atoms with Gasteiger partial charge in [0.05, 0.1) is 16.1 Å². The second-order valence-corrected chi connectivity index (χ2v) is 17.0. The first-order valence-corrected chi connectivity index (χ1v) is 12.1. The van der Waals surface area contributed by atoms with Crippen LogP contribution in [-0.2, 0) is 0 Å². The third-order valence-electron chi connectivity index (χ3n) is 2.91. The lowest BCUT2D eigenvalue weighted by atomic mass is 10.1. The summed E-state index contributed by atoms with van der Waals surface area (Å²) in [5.74, 6) is 0. The fraction of sp³-hybridized carbons (Fsp3) is 0.800. The van der Waals surface area contributed by atoms with E-state index in [4.69, 9.17) is 0 Å². The first kappa shape index (κ1) is 10.3. The van der Waals surface area contributed by atoms with Crippen LogP contribution in [0.1, 0.15) is 0 Å². The van der Waals surface area contributed by atoms with E-state index in [9.17, 15) is 0 Å². The molecular weight excluding hydrogens is 176 g/mol. The molecule has 0 aromatic rings. The second-order valence-electron chi connectivity index (χ2n) is 6.17. The molecule has 2 atom stereocenters. The van der Waals surface area contributed by atoms with Crippen molar-refractivity contribution in [3.63, 3.8) is 0 Å². The van der Waals surface area contributed by atoms with E-state index < -0.39 is 16.1 Å². The molecule has 0 heterocycles. The average molecular weight is 198 g/mol. The maximum Gasteiger partial charge on any atom is 0.0517 e. The molecule has 0 saturated carbocycles. The molecule has 0 radical (unpaired) electrons. The largest absolute Gasteiger partial charge is 0.0878 e. The fourth-order valence-corrected chi connectivity index (χ4v) is 8.74. The molecule has 12 heavy (non-hydrogen) atoms. The standard InChI is InChI=1S/C10H22Si2/c1-11(2,3)9-7-8-10(9)12(4,5)6/h7-10H,1-6H3/t9-,10-/m1/s1. The van der Waals surface area contributed by atoms with E-state index >= 15 is 0 Å². The van der Waals surface area contributed by atoms with Gasteiger partial charge in [-0.1, -0.05) is 51.4 Å². The van der Waals surface area contributed by atoms with Gasteiger partial charge in [0.25, 0.3) is 0 Å². The summed E-state index contributed by atoms with van der Waals surface area (Å²) in [6.45, 7) is 15.0. The predicted molar refractivity (Wildman–Crippen MR) is 63.3 cm³/mol. The highest BCUT2D eigenvalue weighted by Crippen LogP contribution is 2.49. The lowest BCUT2D eigenvalue weighted by Gasteiger charge is -2.44. The SMILES string of the molecule is C[Si](C)(C)[C@@H]1C=C[C@H]1[Si](C)(C)C. The molecule has 0 spiro atoms. The molecule has 0 aromatic carbocycles. The smallest absolute Gasteiger partial charge is 0.0517 e. The Morgan fingerprint density at radius 2 is 0.917 bits per heavy atom. The van der Waals surface area contributed by atoms with Crippen LogP contribution in [0.2, 0.25) is 50.4 Å². The van der Waals surface area contributed by atoms with Crippen LogP contribution in [-0.4, -0.2) is 16.1 Å². The van der Waals surface area contributed by atoms with Gasteiger partial charge in [-0.2, -0.15) is 0 Å². The van der Waals surface area contributed by atoms with Crippen LogP contribution in [0.15, 0.2) is 12.2 Å². The van der Waals surface area contributed by atoms with Crippen LogP contribution in [0.3, 0.4) is 0 Å². The molecule has 0 N–H and O–H groups in total. The quantitative estimate of drug-likeness (QED) is 0.465. The van der Waals surface area contributed by atoms with Gasteiger partial charge in [0.15, 0.2) is 0 Å². The van der Waals surface area contributed by atoms with Gasteiger partial charge in [0.2, 0.25) is 0 Å². The Labute approximate surface area is 79.1 Å². The molecule has 1 aliphatic rings. The van der Waals surface area contributed by atoms with Gasteiger partial charge in [-0.3, -0.25) is 0 Å². The van der Waals surface area contributed by atoms with E-state index in [1.165, 1.54) is 0 Å². The van der Waals surface area contributed by atoms with Gasteiger partial charge in [0.1, 0.15) is 0 Å². The van der Waals surface area contributed by atoms with Crippen LogP contribution < -0.4 is 0 Å². The zero-order valence-corrected chi connectivity index (χ0v) is 11.3. The molecule has 1 aliphatic carbocycles. The lowest BCUT2D eigenvalue weighted by molar-refractivity contribution is 0.870. The van der Waals surface area contributed by atoms with Crippen LogP contribution >= 0.6 is 0 Å². The summed E-state index contributed by atoms with van der Waals surface area (Å²) >= 11 is 0. The Morgan fingerprint density at radius 1 is 0.667 bits per heavy atom. The topological polar surface area (TPSA) is 0 Å². The molecule has 0 fully saturated rings. The number of hydrogen-bond donors (Lipinski definition) is 0. The van der Waals surface area contributed by atoms with Crippen molar-refractivity contribution in [2.75, 3.05) is 0 Å². The average Bonchev–Trinajstić information content (AvgIpc) is 1.46. The zero-order valence-electron chi connectivity index (χ0n) is 9.31. The Kier molecular flexibility index (Phi) is 2.43. The molecule has 2 heteroatoms. The lowest BCUT2D eigenvalue weighted by Crippen LogP contribution is -2.42. The minimum Gasteiger partial charge on any atom is -0.0878 e. The normalized spacial score (nSPS) is 30.2. The van der Waals surface area contributed by atoms with E-state index in [0.717, 1.165) is 11.1 Å². The molecule has 0 aromatic heterocycles. The maximum absolute atomic E-state index is 2.49. The summed E-state index contributed by atoms with van der Waals surface area (Å²) in [6, 6.07) is 0. The van der Waals surface area contributed by atoms with Crippen LogP contribution in [0.25, 0.3) is 0 Å².